The molecule has 15 heavy (non-hydrogen) atoms. The smallest absolute Gasteiger partial charge is 0.00200 e. The second-order valence-electron chi connectivity index (χ2n) is 4.07. The van der Waals surface area contributed by atoms with Gasteiger partial charge in [-0.1, -0.05) is 50.6 Å². The minimum absolute atomic E-state index is 0.669. The van der Waals surface area contributed by atoms with Gasteiger partial charge >= 0.3 is 0 Å². The maximum Gasteiger partial charge on any atom is 0.00200 e. The molecule has 1 nitrogen and oxygen atoms in total. The molecular formula is C14H23N. The van der Waals surface area contributed by atoms with Gasteiger partial charge in [-0.15, -0.1) is 0 Å². The highest BCUT2D eigenvalue weighted by molar-refractivity contribution is 5.19. The van der Waals surface area contributed by atoms with Crippen LogP contribution >= 0.6 is 0 Å². The van der Waals surface area contributed by atoms with Gasteiger partial charge in [-0.2, -0.15) is 0 Å². The highest BCUT2D eigenvalue weighted by Crippen LogP contribution is 2.17. The van der Waals surface area contributed by atoms with Gasteiger partial charge in [0.2, 0.25) is 0 Å². The molecule has 0 aromatic heterocycles. The van der Waals surface area contributed by atoms with Crippen molar-refractivity contribution in [2.24, 2.45) is 0 Å². The molecule has 0 aliphatic carbocycles. The molecule has 0 amide bonds. The van der Waals surface area contributed by atoms with E-state index in [1.165, 1.54) is 24.8 Å². The summed E-state index contributed by atoms with van der Waals surface area (Å²) in [4.78, 5) is 0. The lowest BCUT2D eigenvalue weighted by Crippen LogP contribution is -2.22. The van der Waals surface area contributed by atoms with E-state index in [0.717, 1.165) is 13.1 Å². The summed E-state index contributed by atoms with van der Waals surface area (Å²) in [5.41, 5.74) is 1.46. The van der Waals surface area contributed by atoms with Crippen molar-refractivity contribution >= 4 is 0 Å². The first-order valence-electron chi connectivity index (χ1n) is 6.14. The zero-order chi connectivity index (χ0) is 10.9. The molecule has 0 aliphatic rings. The molecule has 1 unspecified atom stereocenters. The first-order chi connectivity index (χ1) is 7.38. The lowest BCUT2D eigenvalue weighted by Gasteiger charge is -2.15. The highest BCUT2D eigenvalue weighted by Gasteiger charge is 2.07. The topological polar surface area (TPSA) is 12.0 Å². The fourth-order valence-electron chi connectivity index (χ4n) is 1.80. The molecule has 0 bridgehead atoms. The number of nitrogens with one attached hydrogen (secondary N) is 1. The number of hydrogen-bond acceptors (Lipinski definition) is 1. The lowest BCUT2D eigenvalue weighted by molar-refractivity contribution is 0.556. The third-order valence-corrected chi connectivity index (χ3v) is 2.86. The van der Waals surface area contributed by atoms with Crippen molar-refractivity contribution in [3.05, 3.63) is 35.9 Å². The summed E-state index contributed by atoms with van der Waals surface area (Å²) in [5, 5.41) is 3.54. The van der Waals surface area contributed by atoms with Crippen LogP contribution in [0.3, 0.4) is 0 Å². The van der Waals surface area contributed by atoms with Crippen LogP contribution in [0.25, 0.3) is 0 Å². The van der Waals surface area contributed by atoms with Crippen molar-refractivity contribution in [3.63, 3.8) is 0 Å². The van der Waals surface area contributed by atoms with Gasteiger partial charge in [0.15, 0.2) is 0 Å². The molecular weight excluding hydrogens is 182 g/mol. The van der Waals surface area contributed by atoms with Crippen molar-refractivity contribution < 1.29 is 0 Å². The molecule has 0 saturated heterocycles. The van der Waals surface area contributed by atoms with E-state index < -0.39 is 0 Å². The molecule has 0 fully saturated rings. The van der Waals surface area contributed by atoms with Crippen molar-refractivity contribution in [3.8, 4) is 0 Å². The monoisotopic (exact) mass is 205 g/mol. The fourth-order valence-corrected chi connectivity index (χ4v) is 1.80. The van der Waals surface area contributed by atoms with E-state index >= 15 is 0 Å². The van der Waals surface area contributed by atoms with Crippen LogP contribution < -0.4 is 5.32 Å². The first-order valence-corrected chi connectivity index (χ1v) is 6.14. The minimum Gasteiger partial charge on any atom is -0.316 e. The van der Waals surface area contributed by atoms with Crippen molar-refractivity contribution in [1.29, 1.82) is 0 Å². The Kier molecular flexibility index (Phi) is 6.10. The first kappa shape index (κ1) is 12.3. The molecule has 0 radical (unpaired) electrons. The van der Waals surface area contributed by atoms with Crippen LogP contribution in [0, 0.1) is 0 Å². The van der Waals surface area contributed by atoms with Crippen molar-refractivity contribution in [2.45, 2.75) is 39.0 Å². The third-order valence-electron chi connectivity index (χ3n) is 2.86. The van der Waals surface area contributed by atoms with Gasteiger partial charge in [0.25, 0.3) is 0 Å². The molecule has 1 N–H and O–H groups in total. The van der Waals surface area contributed by atoms with Gasteiger partial charge in [0.1, 0.15) is 0 Å². The van der Waals surface area contributed by atoms with E-state index in [4.69, 9.17) is 0 Å². The molecule has 0 spiro atoms. The molecule has 0 heterocycles. The summed E-state index contributed by atoms with van der Waals surface area (Å²) in [7, 11) is 0. The van der Waals surface area contributed by atoms with E-state index in [0.29, 0.717) is 5.92 Å². The maximum absolute atomic E-state index is 3.54. The molecule has 1 atom stereocenters. The number of rotatable bonds is 7. The Morgan fingerprint density at radius 3 is 2.47 bits per heavy atom. The Bertz CT molecular complexity index is 243. The standard InChI is InChI=1S/C14H23N/c1-3-5-11-15-12-13(4-2)14-9-7-6-8-10-14/h6-10,13,15H,3-5,11-12H2,1-2H3. The fraction of sp³-hybridized carbons (Fsp3) is 0.571. The average Bonchev–Trinajstić information content (AvgIpc) is 2.30. The van der Waals surface area contributed by atoms with Gasteiger partial charge in [-0.25, -0.2) is 0 Å². The number of unbranched alkanes of at least 4 members (excludes halogenated alkanes) is 1. The number of benzene rings is 1. The van der Waals surface area contributed by atoms with Crippen molar-refractivity contribution in [2.75, 3.05) is 13.1 Å². The lowest BCUT2D eigenvalue weighted by atomic mass is 9.96. The van der Waals surface area contributed by atoms with Crippen LogP contribution in [0.2, 0.25) is 0 Å². The number of hydrogen-bond donors (Lipinski definition) is 1. The molecule has 1 rings (SSSR count). The summed E-state index contributed by atoms with van der Waals surface area (Å²) in [6.45, 7) is 6.76. The molecule has 1 heteroatoms. The van der Waals surface area contributed by atoms with Crippen molar-refractivity contribution in [1.82, 2.24) is 5.32 Å². The summed E-state index contributed by atoms with van der Waals surface area (Å²) >= 11 is 0. The summed E-state index contributed by atoms with van der Waals surface area (Å²) < 4.78 is 0. The van der Waals surface area contributed by atoms with Crippen LogP contribution in [-0.2, 0) is 0 Å². The van der Waals surface area contributed by atoms with E-state index in [1.54, 1.807) is 0 Å². The SMILES string of the molecule is CCCCNCC(CC)c1ccccc1. The quantitative estimate of drug-likeness (QED) is 0.671. The van der Waals surface area contributed by atoms with E-state index in [-0.39, 0.29) is 0 Å². The van der Waals surface area contributed by atoms with Crippen LogP contribution in [0.4, 0.5) is 0 Å². The second-order valence-corrected chi connectivity index (χ2v) is 4.07. The van der Waals surface area contributed by atoms with E-state index in [2.05, 4.69) is 49.5 Å². The van der Waals surface area contributed by atoms with Crippen LogP contribution in [0.1, 0.15) is 44.6 Å². The summed E-state index contributed by atoms with van der Waals surface area (Å²) in [6, 6.07) is 10.8. The van der Waals surface area contributed by atoms with Crippen LogP contribution in [0.5, 0.6) is 0 Å². The normalized spacial score (nSPS) is 12.7. The Balaban J connectivity index is 2.36. The minimum atomic E-state index is 0.669. The molecule has 0 saturated carbocycles. The van der Waals surface area contributed by atoms with Crippen LogP contribution in [0.15, 0.2) is 30.3 Å². The molecule has 1 aromatic carbocycles. The average molecular weight is 205 g/mol. The summed E-state index contributed by atoms with van der Waals surface area (Å²) in [6.07, 6.45) is 3.77. The predicted molar refractivity (Wildman–Crippen MR) is 67.3 cm³/mol. The van der Waals surface area contributed by atoms with Gasteiger partial charge in [-0.3, -0.25) is 0 Å². The zero-order valence-corrected chi connectivity index (χ0v) is 10.00. The third kappa shape index (κ3) is 4.48. The van der Waals surface area contributed by atoms with E-state index in [1.807, 2.05) is 0 Å². The second kappa shape index (κ2) is 7.47. The van der Waals surface area contributed by atoms with Gasteiger partial charge < -0.3 is 5.32 Å². The highest BCUT2D eigenvalue weighted by atomic mass is 14.8. The molecule has 84 valence electrons. The zero-order valence-electron chi connectivity index (χ0n) is 10.00. The van der Waals surface area contributed by atoms with E-state index in [9.17, 15) is 0 Å². The van der Waals surface area contributed by atoms with Gasteiger partial charge in [0.05, 0.1) is 0 Å². The Morgan fingerprint density at radius 2 is 1.87 bits per heavy atom. The Hall–Kier alpha value is -0.820. The predicted octanol–water partition coefficient (Wildman–Crippen LogP) is 3.57. The largest absolute Gasteiger partial charge is 0.316 e. The Morgan fingerprint density at radius 1 is 1.13 bits per heavy atom. The maximum atomic E-state index is 3.54. The van der Waals surface area contributed by atoms with Gasteiger partial charge in [-0.05, 0) is 30.9 Å². The summed E-state index contributed by atoms with van der Waals surface area (Å²) in [5.74, 6) is 0.669. The van der Waals surface area contributed by atoms with Crippen LogP contribution in [-0.4, -0.2) is 13.1 Å². The molecule has 0 aliphatic heterocycles. The van der Waals surface area contributed by atoms with Gasteiger partial charge in [0, 0.05) is 6.54 Å². The Labute approximate surface area is 93.9 Å². The molecule has 1 aromatic rings.